The van der Waals surface area contributed by atoms with Crippen molar-refractivity contribution in [1.82, 2.24) is 5.32 Å². The molecule has 3 N–H and O–H groups in total. The summed E-state index contributed by atoms with van der Waals surface area (Å²) in [7, 11) is 1.47. The van der Waals surface area contributed by atoms with Crippen LogP contribution in [0.5, 0.6) is 11.5 Å². The van der Waals surface area contributed by atoms with Gasteiger partial charge in [-0.3, -0.25) is 19.8 Å². The van der Waals surface area contributed by atoms with Crippen LogP contribution < -0.4 is 25.5 Å². The Balaban J connectivity index is 1.90. The molecule has 37 heavy (non-hydrogen) atoms. The molecule has 0 heterocycles. The van der Waals surface area contributed by atoms with Crippen molar-refractivity contribution in [2.24, 2.45) is 5.10 Å². The lowest BCUT2D eigenvalue weighted by Crippen LogP contribution is -2.30. The summed E-state index contributed by atoms with van der Waals surface area (Å²) < 4.78 is 20.7. The van der Waals surface area contributed by atoms with Gasteiger partial charge in [0.25, 0.3) is 5.91 Å². The van der Waals surface area contributed by atoms with Crippen LogP contribution in [0.1, 0.15) is 20.3 Å². The van der Waals surface area contributed by atoms with Gasteiger partial charge in [-0.2, -0.15) is 5.10 Å². The Morgan fingerprint density at radius 1 is 0.865 bits per heavy atom. The summed E-state index contributed by atoms with van der Waals surface area (Å²) in [5.74, 6) is -0.836. The van der Waals surface area contributed by atoms with E-state index in [9.17, 15) is 19.2 Å². The number of benzene rings is 2. The summed E-state index contributed by atoms with van der Waals surface area (Å²) in [6, 6.07) is 13.5. The van der Waals surface area contributed by atoms with E-state index < -0.39 is 17.8 Å². The number of hydrogen-bond acceptors (Lipinski definition) is 10. The molecule has 2 aromatic rings. The third-order valence-corrected chi connectivity index (χ3v) is 4.58. The Labute approximate surface area is 214 Å². The number of methoxy groups -OCH3 is 1. The van der Waals surface area contributed by atoms with Gasteiger partial charge in [0.1, 0.15) is 31.3 Å². The molecule has 0 aliphatic heterocycles. The maximum atomic E-state index is 12.7. The van der Waals surface area contributed by atoms with E-state index in [1.165, 1.54) is 14.0 Å². The molecule has 0 fully saturated rings. The second-order valence-electron chi connectivity index (χ2n) is 7.26. The first-order valence-corrected chi connectivity index (χ1v) is 11.4. The monoisotopic (exact) mass is 514 g/mol. The molecule has 0 saturated heterocycles. The standard InChI is InChI=1S/C25H30N4O8/c1-4-22(31)36-14-13-26-25(33)37-16-15-35-21-12-8-6-10-19(21)28-29-23(17(2)30)24(32)27-18-9-5-7-11-20(18)34-3/h5-12,28H,4,13-16H2,1-3H3,(H,26,33)(H,27,32)/b29-23+. The zero-order chi connectivity index (χ0) is 27.0. The van der Waals surface area contributed by atoms with Crippen molar-refractivity contribution < 1.29 is 38.1 Å². The number of esters is 1. The van der Waals surface area contributed by atoms with Gasteiger partial charge in [0, 0.05) is 13.3 Å². The van der Waals surface area contributed by atoms with Gasteiger partial charge < -0.3 is 29.6 Å². The third-order valence-electron chi connectivity index (χ3n) is 4.58. The van der Waals surface area contributed by atoms with Gasteiger partial charge in [-0.1, -0.05) is 31.2 Å². The molecule has 0 saturated carbocycles. The topological polar surface area (TPSA) is 154 Å². The highest BCUT2D eigenvalue weighted by molar-refractivity contribution is 6.67. The van der Waals surface area contributed by atoms with Gasteiger partial charge in [-0.15, -0.1) is 0 Å². The number of ketones is 1. The fraction of sp³-hybridized carbons (Fsp3) is 0.320. The van der Waals surface area contributed by atoms with Crippen molar-refractivity contribution in [1.29, 1.82) is 0 Å². The molecule has 0 aromatic heterocycles. The average Bonchev–Trinajstić information content (AvgIpc) is 2.89. The number of amides is 2. The van der Waals surface area contributed by atoms with Crippen molar-refractivity contribution in [2.75, 3.05) is 44.2 Å². The number of hydrazone groups is 1. The molecule has 198 valence electrons. The Kier molecular flexibility index (Phi) is 11.9. The van der Waals surface area contributed by atoms with Crippen LogP contribution in [0.3, 0.4) is 0 Å². The number of Topliss-reactive ketones (excluding diaryl/α,β-unsaturated/α-hetero) is 1. The van der Waals surface area contributed by atoms with E-state index in [2.05, 4.69) is 21.2 Å². The number of ether oxygens (including phenoxy) is 4. The maximum Gasteiger partial charge on any atom is 0.407 e. The summed E-state index contributed by atoms with van der Waals surface area (Å²) in [5, 5.41) is 9.03. The minimum atomic E-state index is -0.716. The molecule has 2 amide bonds. The number of carbonyl (C=O) groups excluding carboxylic acids is 4. The number of anilines is 2. The first-order valence-electron chi connectivity index (χ1n) is 11.4. The zero-order valence-electron chi connectivity index (χ0n) is 20.9. The normalized spacial score (nSPS) is 10.6. The number of para-hydroxylation sites is 4. The molecule has 0 radical (unpaired) electrons. The lowest BCUT2D eigenvalue weighted by molar-refractivity contribution is -0.143. The number of nitrogens with one attached hydrogen (secondary N) is 3. The first kappa shape index (κ1) is 28.6. The van der Waals surface area contributed by atoms with Crippen LogP contribution in [-0.2, 0) is 23.9 Å². The molecule has 0 unspecified atom stereocenters. The van der Waals surface area contributed by atoms with E-state index in [1.807, 2.05) is 0 Å². The molecular weight excluding hydrogens is 484 g/mol. The van der Waals surface area contributed by atoms with E-state index in [4.69, 9.17) is 18.9 Å². The van der Waals surface area contributed by atoms with E-state index >= 15 is 0 Å². The molecule has 0 aliphatic carbocycles. The average molecular weight is 515 g/mol. The van der Waals surface area contributed by atoms with Gasteiger partial charge in [0.2, 0.25) is 0 Å². The number of alkyl carbamates (subject to hydrolysis) is 1. The van der Waals surface area contributed by atoms with Crippen LogP contribution in [0, 0.1) is 0 Å². The van der Waals surface area contributed by atoms with E-state index in [0.29, 0.717) is 22.9 Å². The lowest BCUT2D eigenvalue weighted by atomic mass is 10.2. The van der Waals surface area contributed by atoms with Crippen molar-refractivity contribution in [3.63, 3.8) is 0 Å². The fourth-order valence-corrected chi connectivity index (χ4v) is 2.78. The molecule has 0 atom stereocenters. The molecule has 2 rings (SSSR count). The second-order valence-corrected chi connectivity index (χ2v) is 7.26. The van der Waals surface area contributed by atoms with E-state index in [1.54, 1.807) is 55.5 Å². The minimum Gasteiger partial charge on any atom is -0.495 e. The number of hydrogen-bond donors (Lipinski definition) is 3. The van der Waals surface area contributed by atoms with Crippen LogP contribution in [0.25, 0.3) is 0 Å². The second kappa shape index (κ2) is 15.4. The summed E-state index contributed by atoms with van der Waals surface area (Å²) in [4.78, 5) is 47.5. The summed E-state index contributed by atoms with van der Waals surface area (Å²) in [5.41, 5.74) is 3.09. The van der Waals surface area contributed by atoms with Crippen molar-refractivity contribution in [2.45, 2.75) is 20.3 Å². The predicted molar refractivity (Wildman–Crippen MR) is 136 cm³/mol. The van der Waals surface area contributed by atoms with E-state index in [-0.39, 0.29) is 44.5 Å². The Hall–Kier alpha value is -4.61. The molecule has 12 nitrogen and oxygen atoms in total. The molecule has 0 bridgehead atoms. The van der Waals surface area contributed by atoms with Crippen LogP contribution >= 0.6 is 0 Å². The molecule has 0 spiro atoms. The number of rotatable bonds is 14. The molecule has 2 aromatic carbocycles. The number of nitrogens with zero attached hydrogens (tertiary/aromatic N) is 1. The highest BCUT2D eigenvalue weighted by atomic mass is 16.6. The third kappa shape index (κ3) is 9.88. The number of carbonyl (C=O) groups is 4. The van der Waals surface area contributed by atoms with Crippen LogP contribution in [0.2, 0.25) is 0 Å². The lowest BCUT2D eigenvalue weighted by Gasteiger charge is -2.13. The Morgan fingerprint density at radius 2 is 1.54 bits per heavy atom. The predicted octanol–water partition coefficient (Wildman–Crippen LogP) is 2.75. The highest BCUT2D eigenvalue weighted by Gasteiger charge is 2.19. The van der Waals surface area contributed by atoms with Crippen LogP contribution in [-0.4, -0.2) is 62.9 Å². The van der Waals surface area contributed by atoms with Gasteiger partial charge in [0.05, 0.1) is 25.0 Å². The van der Waals surface area contributed by atoms with Crippen molar-refractivity contribution in [3.8, 4) is 11.5 Å². The summed E-state index contributed by atoms with van der Waals surface area (Å²) in [6.45, 7) is 3.04. The first-order chi connectivity index (χ1) is 17.8. The van der Waals surface area contributed by atoms with E-state index in [0.717, 1.165) is 0 Å². The fourth-order valence-electron chi connectivity index (χ4n) is 2.78. The van der Waals surface area contributed by atoms with Gasteiger partial charge in [0.15, 0.2) is 11.5 Å². The summed E-state index contributed by atoms with van der Waals surface area (Å²) in [6.07, 6.45) is -0.422. The maximum absolute atomic E-state index is 12.7. The molecular formula is C25H30N4O8. The largest absolute Gasteiger partial charge is 0.495 e. The quantitative estimate of drug-likeness (QED) is 0.113. The van der Waals surface area contributed by atoms with Crippen LogP contribution in [0.15, 0.2) is 53.6 Å². The minimum absolute atomic E-state index is 0.0223. The Bertz CT molecular complexity index is 1120. The van der Waals surface area contributed by atoms with Gasteiger partial charge in [-0.25, -0.2) is 4.79 Å². The molecule has 12 heteroatoms. The molecule has 0 aliphatic rings. The Morgan fingerprint density at radius 3 is 2.22 bits per heavy atom. The SMILES string of the molecule is CCC(=O)OCCNC(=O)OCCOc1ccccc1N/N=C(\C(C)=O)C(=O)Nc1ccccc1OC. The zero-order valence-corrected chi connectivity index (χ0v) is 20.9. The highest BCUT2D eigenvalue weighted by Crippen LogP contribution is 2.24. The van der Waals surface area contributed by atoms with Gasteiger partial charge in [-0.05, 0) is 24.3 Å². The van der Waals surface area contributed by atoms with Crippen molar-refractivity contribution >= 4 is 40.8 Å². The van der Waals surface area contributed by atoms with Crippen LogP contribution in [0.4, 0.5) is 16.2 Å². The van der Waals surface area contributed by atoms with Crippen molar-refractivity contribution in [3.05, 3.63) is 48.5 Å². The van der Waals surface area contributed by atoms with Gasteiger partial charge >= 0.3 is 12.1 Å². The smallest absolute Gasteiger partial charge is 0.407 e. The summed E-state index contributed by atoms with van der Waals surface area (Å²) >= 11 is 0.